The van der Waals surface area contributed by atoms with Crippen molar-refractivity contribution in [1.29, 1.82) is 0 Å². The summed E-state index contributed by atoms with van der Waals surface area (Å²) in [6.07, 6.45) is 4.56. The molecule has 0 saturated carbocycles. The van der Waals surface area contributed by atoms with Gasteiger partial charge in [0.1, 0.15) is 0 Å². The predicted molar refractivity (Wildman–Crippen MR) is 144 cm³/mol. The van der Waals surface area contributed by atoms with E-state index in [0.717, 1.165) is 0 Å². The van der Waals surface area contributed by atoms with Crippen LogP contribution in [-0.4, -0.2) is 4.57 Å². The van der Waals surface area contributed by atoms with E-state index < -0.39 is 0 Å². The zero-order valence-electron chi connectivity index (χ0n) is 20.1. The smallest absolute Gasteiger partial charge is 0.0722 e. The van der Waals surface area contributed by atoms with Crippen LogP contribution in [0.5, 0.6) is 0 Å². The molecular weight excluding hydrogens is 410 g/mol. The van der Waals surface area contributed by atoms with E-state index in [9.17, 15) is 0 Å². The average Bonchev–Trinajstić information content (AvgIpc) is 3.42. The topological polar surface area (TPSA) is 4.93 Å². The minimum Gasteiger partial charge on any atom is -0.343 e. The summed E-state index contributed by atoms with van der Waals surface area (Å²) in [6.45, 7) is 6.70. The molecule has 5 aromatic rings. The molecule has 7 rings (SSSR count). The van der Waals surface area contributed by atoms with Gasteiger partial charge in [0.15, 0.2) is 0 Å². The fourth-order valence-electron chi connectivity index (χ4n) is 7.07. The van der Waals surface area contributed by atoms with Crippen molar-refractivity contribution in [3.63, 3.8) is 0 Å². The van der Waals surface area contributed by atoms with Gasteiger partial charge in [0.2, 0.25) is 0 Å². The molecule has 4 aromatic carbocycles. The second-order valence-electron chi connectivity index (χ2n) is 9.79. The van der Waals surface area contributed by atoms with Gasteiger partial charge in [-0.15, -0.1) is 0 Å². The highest BCUT2D eigenvalue weighted by molar-refractivity contribution is 6.15. The van der Waals surface area contributed by atoms with E-state index in [1.807, 2.05) is 0 Å². The molecule has 1 heterocycles. The van der Waals surface area contributed by atoms with Crippen molar-refractivity contribution < 1.29 is 0 Å². The molecule has 1 unspecified atom stereocenters. The van der Waals surface area contributed by atoms with Gasteiger partial charge in [0, 0.05) is 28.9 Å². The standard InChI is InChI=1S/C33H27N/c1-5-11-25-21(3)30-20(2)12-10-16-27(30)33(25)26-15-8-6-14-24(26)31-28(33)19-18-23-22-13-7-9-17-29(22)34(4)32(23)31/h5-19H,1-4H3/b11-5-. The lowest BCUT2D eigenvalue weighted by atomic mass is 9.69. The van der Waals surface area contributed by atoms with Gasteiger partial charge < -0.3 is 4.57 Å². The monoisotopic (exact) mass is 437 g/mol. The molecule has 1 spiro atoms. The van der Waals surface area contributed by atoms with Crippen molar-refractivity contribution in [1.82, 2.24) is 4.57 Å². The van der Waals surface area contributed by atoms with Crippen LogP contribution in [0.25, 0.3) is 38.5 Å². The molecule has 164 valence electrons. The predicted octanol–water partition coefficient (Wildman–Crippen LogP) is 8.32. The third-order valence-corrected chi connectivity index (χ3v) is 8.27. The minimum absolute atomic E-state index is 0.283. The molecular formula is C33H27N. The van der Waals surface area contributed by atoms with Gasteiger partial charge in [-0.2, -0.15) is 0 Å². The van der Waals surface area contributed by atoms with Crippen LogP contribution < -0.4 is 0 Å². The number of hydrogen-bond acceptors (Lipinski definition) is 0. The van der Waals surface area contributed by atoms with Crippen molar-refractivity contribution in [2.75, 3.05) is 0 Å². The molecule has 1 atom stereocenters. The molecule has 0 N–H and O–H groups in total. The Hall–Kier alpha value is -3.84. The molecule has 0 fully saturated rings. The largest absolute Gasteiger partial charge is 0.343 e. The third-order valence-electron chi connectivity index (χ3n) is 8.27. The second kappa shape index (κ2) is 6.61. The van der Waals surface area contributed by atoms with Gasteiger partial charge in [0.25, 0.3) is 0 Å². The summed E-state index contributed by atoms with van der Waals surface area (Å²) >= 11 is 0. The van der Waals surface area contributed by atoms with E-state index in [1.165, 1.54) is 71.9 Å². The van der Waals surface area contributed by atoms with Crippen LogP contribution in [0, 0.1) is 6.92 Å². The van der Waals surface area contributed by atoms with E-state index >= 15 is 0 Å². The summed E-state index contributed by atoms with van der Waals surface area (Å²) < 4.78 is 2.40. The third kappa shape index (κ3) is 2.07. The number of nitrogens with zero attached hydrogens (tertiary/aromatic N) is 1. The van der Waals surface area contributed by atoms with Crippen LogP contribution in [0.3, 0.4) is 0 Å². The maximum absolute atomic E-state index is 2.42. The lowest BCUT2D eigenvalue weighted by molar-refractivity contribution is 0.785. The molecule has 0 aliphatic heterocycles. The number of rotatable bonds is 1. The zero-order chi connectivity index (χ0) is 23.2. The SMILES string of the molecule is C/C=C\C1=C(C)c2c(C)cccc2C12c1ccccc1-c1c2ccc2c3ccccc3n(C)c12. The fraction of sp³-hybridized carbons (Fsp3) is 0.152. The molecule has 1 heteroatoms. The number of allylic oxidation sites excluding steroid dienone is 4. The fourth-order valence-corrected chi connectivity index (χ4v) is 7.07. The Morgan fingerprint density at radius 2 is 1.44 bits per heavy atom. The number of para-hydroxylation sites is 1. The molecule has 0 radical (unpaired) electrons. The van der Waals surface area contributed by atoms with E-state index in [-0.39, 0.29) is 5.41 Å². The molecule has 0 amide bonds. The highest BCUT2D eigenvalue weighted by Gasteiger charge is 2.52. The van der Waals surface area contributed by atoms with Gasteiger partial charge in [-0.05, 0) is 71.4 Å². The first-order valence-corrected chi connectivity index (χ1v) is 12.2. The van der Waals surface area contributed by atoms with Crippen molar-refractivity contribution in [2.45, 2.75) is 26.2 Å². The number of aryl methyl sites for hydroxylation is 2. The summed E-state index contributed by atoms with van der Waals surface area (Å²) in [4.78, 5) is 0. The minimum atomic E-state index is -0.283. The molecule has 2 aliphatic carbocycles. The summed E-state index contributed by atoms with van der Waals surface area (Å²) in [5.41, 5.74) is 14.9. The number of benzene rings is 4. The Balaban J connectivity index is 1.74. The molecule has 2 aliphatic rings. The normalized spacial score (nSPS) is 18.5. The van der Waals surface area contributed by atoms with Gasteiger partial charge in [-0.3, -0.25) is 0 Å². The quantitative estimate of drug-likeness (QED) is 0.248. The van der Waals surface area contributed by atoms with Gasteiger partial charge >= 0.3 is 0 Å². The van der Waals surface area contributed by atoms with Crippen LogP contribution in [0.1, 0.15) is 41.7 Å². The van der Waals surface area contributed by atoms with Gasteiger partial charge in [-0.25, -0.2) is 0 Å². The van der Waals surface area contributed by atoms with E-state index in [4.69, 9.17) is 0 Å². The molecule has 0 bridgehead atoms. The zero-order valence-corrected chi connectivity index (χ0v) is 20.1. The Morgan fingerprint density at radius 1 is 0.706 bits per heavy atom. The van der Waals surface area contributed by atoms with Crippen LogP contribution in [-0.2, 0) is 12.5 Å². The average molecular weight is 438 g/mol. The second-order valence-corrected chi connectivity index (χ2v) is 9.79. The lowest BCUT2D eigenvalue weighted by Crippen LogP contribution is -2.26. The maximum Gasteiger partial charge on any atom is 0.0722 e. The Morgan fingerprint density at radius 3 is 2.29 bits per heavy atom. The highest BCUT2D eigenvalue weighted by Crippen LogP contribution is 2.63. The first-order valence-electron chi connectivity index (χ1n) is 12.2. The molecule has 0 saturated heterocycles. The Kier molecular flexibility index (Phi) is 3.81. The van der Waals surface area contributed by atoms with E-state index in [1.54, 1.807) is 0 Å². The maximum atomic E-state index is 2.42. The molecule has 34 heavy (non-hydrogen) atoms. The number of fused-ring (bicyclic) bond motifs is 11. The van der Waals surface area contributed by atoms with Crippen molar-refractivity contribution in [3.8, 4) is 11.1 Å². The summed E-state index contributed by atoms with van der Waals surface area (Å²) in [7, 11) is 2.22. The van der Waals surface area contributed by atoms with Gasteiger partial charge in [0.05, 0.1) is 10.9 Å². The molecule has 1 aromatic heterocycles. The highest BCUT2D eigenvalue weighted by atomic mass is 14.9. The number of aromatic nitrogens is 1. The summed E-state index contributed by atoms with van der Waals surface area (Å²) in [5.74, 6) is 0. The Labute approximate surface area is 200 Å². The van der Waals surface area contributed by atoms with Crippen molar-refractivity contribution >= 4 is 27.4 Å². The first-order chi connectivity index (χ1) is 16.6. The summed E-state index contributed by atoms with van der Waals surface area (Å²) in [6, 6.07) is 29.5. The van der Waals surface area contributed by atoms with Crippen molar-refractivity contribution in [2.24, 2.45) is 7.05 Å². The lowest BCUT2D eigenvalue weighted by Gasteiger charge is -2.31. The van der Waals surface area contributed by atoms with Crippen LogP contribution in [0.15, 0.2) is 96.6 Å². The van der Waals surface area contributed by atoms with Gasteiger partial charge in [-0.1, -0.05) is 84.9 Å². The van der Waals surface area contributed by atoms with E-state index in [2.05, 4.69) is 123 Å². The van der Waals surface area contributed by atoms with Crippen LogP contribution >= 0.6 is 0 Å². The number of hydrogen-bond donors (Lipinski definition) is 0. The van der Waals surface area contributed by atoms with Crippen molar-refractivity contribution in [3.05, 3.63) is 124 Å². The molecule has 1 nitrogen and oxygen atoms in total. The van der Waals surface area contributed by atoms with Crippen LogP contribution in [0.2, 0.25) is 0 Å². The van der Waals surface area contributed by atoms with Crippen LogP contribution in [0.4, 0.5) is 0 Å². The first kappa shape index (κ1) is 19.6. The van der Waals surface area contributed by atoms with E-state index in [0.29, 0.717) is 0 Å². The summed E-state index contributed by atoms with van der Waals surface area (Å²) in [5, 5.41) is 2.66. The Bertz CT molecular complexity index is 1740.